The Morgan fingerprint density at radius 3 is 2.50 bits per heavy atom. The van der Waals surface area contributed by atoms with Crippen LogP contribution in [0, 0.1) is 11.2 Å². The summed E-state index contributed by atoms with van der Waals surface area (Å²) >= 11 is 0. The van der Waals surface area contributed by atoms with Gasteiger partial charge < -0.3 is 5.73 Å². The van der Waals surface area contributed by atoms with Gasteiger partial charge in [0.25, 0.3) is 0 Å². The number of hydrogen-bond donors (Lipinski definition) is 1. The number of nitrogens with two attached hydrogens (primary N) is 1. The van der Waals surface area contributed by atoms with E-state index in [1.165, 1.54) is 18.9 Å². The Balaban J connectivity index is 2.30. The summed E-state index contributed by atoms with van der Waals surface area (Å²) in [6.07, 6.45) is 5.78. The highest BCUT2D eigenvalue weighted by Gasteiger charge is 2.39. The van der Waals surface area contributed by atoms with Crippen LogP contribution in [0.2, 0.25) is 0 Å². The summed E-state index contributed by atoms with van der Waals surface area (Å²) in [6, 6.07) is 6.78. The largest absolute Gasteiger partial charge is 0.323 e. The van der Waals surface area contributed by atoms with Crippen LogP contribution in [0.3, 0.4) is 0 Å². The van der Waals surface area contributed by atoms with Gasteiger partial charge in [-0.1, -0.05) is 38.0 Å². The molecule has 16 heavy (non-hydrogen) atoms. The van der Waals surface area contributed by atoms with Crippen molar-refractivity contribution in [2.75, 3.05) is 0 Å². The molecule has 1 fully saturated rings. The van der Waals surface area contributed by atoms with Crippen molar-refractivity contribution in [3.05, 3.63) is 35.6 Å². The molecule has 1 nitrogen and oxygen atoms in total. The van der Waals surface area contributed by atoms with Gasteiger partial charge in [0, 0.05) is 11.6 Å². The molecule has 0 aromatic heterocycles. The molecule has 1 aromatic carbocycles. The fourth-order valence-corrected chi connectivity index (χ4v) is 3.02. The topological polar surface area (TPSA) is 26.0 Å². The smallest absolute Gasteiger partial charge is 0.127 e. The van der Waals surface area contributed by atoms with Crippen LogP contribution in [0.15, 0.2) is 24.3 Å². The van der Waals surface area contributed by atoms with Crippen molar-refractivity contribution < 1.29 is 4.39 Å². The summed E-state index contributed by atoms with van der Waals surface area (Å²) in [7, 11) is 0. The Morgan fingerprint density at radius 1 is 1.31 bits per heavy atom. The molecule has 0 aliphatic heterocycles. The van der Waals surface area contributed by atoms with Crippen LogP contribution in [-0.4, -0.2) is 0 Å². The minimum atomic E-state index is -0.158. The van der Waals surface area contributed by atoms with Crippen molar-refractivity contribution in [2.45, 2.75) is 45.1 Å². The molecule has 1 atom stereocenters. The van der Waals surface area contributed by atoms with Crippen LogP contribution in [0.5, 0.6) is 0 Å². The predicted molar refractivity (Wildman–Crippen MR) is 64.5 cm³/mol. The third kappa shape index (κ3) is 1.86. The molecule has 1 saturated carbocycles. The van der Waals surface area contributed by atoms with Crippen LogP contribution in [0.25, 0.3) is 0 Å². The van der Waals surface area contributed by atoms with E-state index in [4.69, 9.17) is 5.73 Å². The molecule has 1 aliphatic carbocycles. The standard InChI is InChI=1S/C14H20FN/c1-2-14(9-5-6-10-14)13(16)11-7-3-4-8-12(11)15/h3-4,7-8,13H,2,5-6,9-10,16H2,1H3. The molecule has 1 aliphatic rings. The predicted octanol–water partition coefficient (Wildman–Crippen LogP) is 3.80. The molecule has 0 radical (unpaired) electrons. The molecule has 0 heterocycles. The molecule has 0 saturated heterocycles. The van der Waals surface area contributed by atoms with E-state index >= 15 is 0 Å². The highest BCUT2D eigenvalue weighted by atomic mass is 19.1. The van der Waals surface area contributed by atoms with Gasteiger partial charge in [-0.2, -0.15) is 0 Å². The van der Waals surface area contributed by atoms with E-state index in [0.29, 0.717) is 5.56 Å². The number of benzene rings is 1. The van der Waals surface area contributed by atoms with Gasteiger partial charge in [-0.3, -0.25) is 0 Å². The molecule has 0 bridgehead atoms. The molecule has 2 rings (SSSR count). The molecule has 0 amide bonds. The molecule has 2 N–H and O–H groups in total. The third-order valence-electron chi connectivity index (χ3n) is 4.20. The third-order valence-corrected chi connectivity index (χ3v) is 4.20. The monoisotopic (exact) mass is 221 g/mol. The summed E-state index contributed by atoms with van der Waals surface area (Å²) in [5.74, 6) is -0.158. The zero-order valence-corrected chi connectivity index (χ0v) is 9.88. The SMILES string of the molecule is CCC1(C(N)c2ccccc2F)CCCC1. The Labute approximate surface area is 96.9 Å². The fraction of sp³-hybridized carbons (Fsp3) is 0.571. The molecule has 88 valence electrons. The van der Waals surface area contributed by atoms with E-state index in [0.717, 1.165) is 19.3 Å². The van der Waals surface area contributed by atoms with Crippen LogP contribution in [0.4, 0.5) is 4.39 Å². The first-order chi connectivity index (χ1) is 7.69. The average Bonchev–Trinajstić information content (AvgIpc) is 2.78. The maximum Gasteiger partial charge on any atom is 0.127 e. The van der Waals surface area contributed by atoms with E-state index < -0.39 is 0 Å². The Bertz CT molecular complexity index is 356. The number of halogens is 1. The second-order valence-electron chi connectivity index (χ2n) is 4.92. The molecule has 2 heteroatoms. The quantitative estimate of drug-likeness (QED) is 0.825. The van der Waals surface area contributed by atoms with Crippen molar-refractivity contribution in [2.24, 2.45) is 11.1 Å². The average molecular weight is 221 g/mol. The van der Waals surface area contributed by atoms with Gasteiger partial charge in [-0.15, -0.1) is 0 Å². The maximum atomic E-state index is 13.7. The zero-order chi connectivity index (χ0) is 11.6. The van der Waals surface area contributed by atoms with Gasteiger partial charge in [-0.25, -0.2) is 4.39 Å². The van der Waals surface area contributed by atoms with Crippen molar-refractivity contribution in [3.63, 3.8) is 0 Å². The highest BCUT2D eigenvalue weighted by molar-refractivity contribution is 5.23. The van der Waals surface area contributed by atoms with Gasteiger partial charge in [0.1, 0.15) is 5.82 Å². The second kappa shape index (κ2) is 4.54. The lowest BCUT2D eigenvalue weighted by molar-refractivity contribution is 0.218. The first-order valence-electron chi connectivity index (χ1n) is 6.19. The normalized spacial score (nSPS) is 20.9. The van der Waals surface area contributed by atoms with Gasteiger partial charge in [0.15, 0.2) is 0 Å². The lowest BCUT2D eigenvalue weighted by atomic mass is 9.74. The Kier molecular flexibility index (Phi) is 3.29. The maximum absolute atomic E-state index is 13.7. The zero-order valence-electron chi connectivity index (χ0n) is 9.88. The minimum Gasteiger partial charge on any atom is -0.323 e. The molecule has 1 unspecified atom stereocenters. The summed E-state index contributed by atoms with van der Waals surface area (Å²) < 4.78 is 13.7. The van der Waals surface area contributed by atoms with Crippen molar-refractivity contribution in [1.82, 2.24) is 0 Å². The summed E-state index contributed by atoms with van der Waals surface area (Å²) in [6.45, 7) is 2.17. The van der Waals surface area contributed by atoms with Crippen molar-refractivity contribution >= 4 is 0 Å². The van der Waals surface area contributed by atoms with E-state index in [1.54, 1.807) is 6.07 Å². The number of hydrogen-bond acceptors (Lipinski definition) is 1. The van der Waals surface area contributed by atoms with E-state index in [-0.39, 0.29) is 17.3 Å². The van der Waals surface area contributed by atoms with Crippen LogP contribution < -0.4 is 5.73 Å². The first-order valence-corrected chi connectivity index (χ1v) is 6.19. The summed E-state index contributed by atoms with van der Waals surface area (Å²) in [5.41, 5.74) is 7.12. The number of rotatable bonds is 3. The minimum absolute atomic E-state index is 0.127. The Hall–Kier alpha value is -0.890. The molecular weight excluding hydrogens is 201 g/mol. The van der Waals surface area contributed by atoms with Gasteiger partial charge >= 0.3 is 0 Å². The van der Waals surface area contributed by atoms with E-state index in [1.807, 2.05) is 12.1 Å². The van der Waals surface area contributed by atoms with Gasteiger partial charge in [-0.05, 0) is 30.7 Å². The van der Waals surface area contributed by atoms with E-state index in [9.17, 15) is 4.39 Å². The van der Waals surface area contributed by atoms with Gasteiger partial charge in [0.2, 0.25) is 0 Å². The lowest BCUT2D eigenvalue weighted by Crippen LogP contribution is -2.32. The van der Waals surface area contributed by atoms with Crippen LogP contribution in [0.1, 0.15) is 50.6 Å². The molecular formula is C14H20FN. The van der Waals surface area contributed by atoms with Gasteiger partial charge in [0.05, 0.1) is 0 Å². The molecule has 1 aromatic rings. The van der Waals surface area contributed by atoms with Crippen molar-refractivity contribution in [3.8, 4) is 0 Å². The van der Waals surface area contributed by atoms with E-state index in [2.05, 4.69) is 6.92 Å². The van der Waals surface area contributed by atoms with Crippen LogP contribution in [-0.2, 0) is 0 Å². The first kappa shape index (κ1) is 11.6. The fourth-order valence-electron chi connectivity index (χ4n) is 3.02. The summed E-state index contributed by atoms with van der Waals surface area (Å²) in [5, 5.41) is 0. The second-order valence-corrected chi connectivity index (χ2v) is 4.92. The molecule has 0 spiro atoms. The van der Waals surface area contributed by atoms with Crippen molar-refractivity contribution in [1.29, 1.82) is 0 Å². The van der Waals surface area contributed by atoms with Crippen LogP contribution >= 0.6 is 0 Å². The highest BCUT2D eigenvalue weighted by Crippen LogP contribution is 2.49. The lowest BCUT2D eigenvalue weighted by Gasteiger charge is -2.34. The Morgan fingerprint density at radius 2 is 1.94 bits per heavy atom. The summed E-state index contributed by atoms with van der Waals surface area (Å²) in [4.78, 5) is 0.